The van der Waals surface area contributed by atoms with E-state index in [1.165, 1.54) is 89.8 Å². The largest absolute Gasteiger partial charge is 0.497 e. The van der Waals surface area contributed by atoms with Gasteiger partial charge < -0.3 is 19.7 Å². The van der Waals surface area contributed by atoms with Gasteiger partial charge in [-0.3, -0.25) is 9.63 Å². The van der Waals surface area contributed by atoms with E-state index >= 15 is 0 Å². The van der Waals surface area contributed by atoms with Gasteiger partial charge in [0.15, 0.2) is 5.71 Å². The average Bonchev–Trinajstić information content (AvgIpc) is 3.72. The summed E-state index contributed by atoms with van der Waals surface area (Å²) in [5.41, 5.74) is 14.5. The Balaban J connectivity index is 0.837. The summed E-state index contributed by atoms with van der Waals surface area (Å²) in [6, 6.07) is 32.5. The van der Waals surface area contributed by atoms with Gasteiger partial charge in [0, 0.05) is 60.4 Å². The number of likely N-dealkylation sites (N-methyl/N-ethyl adjacent to an activating group) is 1. The number of hydrogen-bond acceptors (Lipinski definition) is 7. The quantitative estimate of drug-likeness (QED) is 0.0320. The SMILES string of the molecule is CCN1\C(=C/C=C/C=C\C2=[N+](CCCCCC(=O)NCCOCCONS(=O)(=O)c3ccc(-c4ccc(OC)cc4)cc3)c3ccc4c(C)cc(C)cc4c3C2(C)C)C(C)(C)c2c1ccc1c(C)cc(C)cc21. The van der Waals surface area contributed by atoms with E-state index in [9.17, 15) is 13.2 Å². The molecule has 6 aromatic carbocycles. The molecular formula is C62H73N4O6S+. The van der Waals surface area contributed by atoms with Crippen LogP contribution in [-0.4, -0.2) is 71.2 Å². The van der Waals surface area contributed by atoms with Crippen LogP contribution >= 0.6 is 0 Å². The fraction of sp³-hybridized carbons (Fsp3) is 0.355. The van der Waals surface area contributed by atoms with Crippen molar-refractivity contribution in [1.82, 2.24) is 10.2 Å². The minimum atomic E-state index is -3.87. The van der Waals surface area contributed by atoms with Crippen LogP contribution in [0.5, 0.6) is 5.75 Å². The van der Waals surface area contributed by atoms with E-state index in [1.54, 1.807) is 19.2 Å². The maximum Gasteiger partial charge on any atom is 0.262 e. The Morgan fingerprint density at radius 1 is 0.699 bits per heavy atom. The third-order valence-corrected chi connectivity index (χ3v) is 15.8. The van der Waals surface area contributed by atoms with Crippen molar-refractivity contribution in [3.05, 3.63) is 167 Å². The average molecular weight is 1000 g/mol. The summed E-state index contributed by atoms with van der Waals surface area (Å²) in [7, 11) is -2.26. The molecule has 2 aliphatic heterocycles. The Morgan fingerprint density at radius 3 is 2.00 bits per heavy atom. The number of nitrogens with one attached hydrogen (secondary N) is 2. The van der Waals surface area contributed by atoms with Crippen LogP contribution in [0.2, 0.25) is 0 Å². The van der Waals surface area contributed by atoms with E-state index < -0.39 is 10.0 Å². The second kappa shape index (κ2) is 22.4. The fourth-order valence-electron chi connectivity index (χ4n) is 11.1. The Morgan fingerprint density at radius 2 is 1.34 bits per heavy atom. The molecule has 6 aromatic rings. The number of carbonyl (C=O) groups is 1. The second-order valence-electron chi connectivity index (χ2n) is 20.6. The van der Waals surface area contributed by atoms with Gasteiger partial charge in [-0.25, -0.2) is 8.42 Å². The van der Waals surface area contributed by atoms with E-state index in [1.807, 2.05) is 24.3 Å². The molecule has 2 heterocycles. The number of hydrogen-bond donors (Lipinski definition) is 2. The fourth-order valence-corrected chi connectivity index (χ4v) is 12.0. The third kappa shape index (κ3) is 11.3. The molecule has 0 saturated carbocycles. The van der Waals surface area contributed by atoms with Crippen molar-refractivity contribution in [3.8, 4) is 16.9 Å². The van der Waals surface area contributed by atoms with Crippen LogP contribution in [0.1, 0.15) is 93.7 Å². The first kappa shape index (κ1) is 52.9. The summed E-state index contributed by atoms with van der Waals surface area (Å²) in [6.07, 6.45) is 14.2. The van der Waals surface area contributed by atoms with Gasteiger partial charge in [0.2, 0.25) is 11.6 Å². The van der Waals surface area contributed by atoms with Gasteiger partial charge in [-0.15, -0.1) is 0 Å². The maximum atomic E-state index is 12.8. The summed E-state index contributed by atoms with van der Waals surface area (Å²) in [6.45, 7) is 23.0. The normalized spacial score (nSPS) is 15.6. The molecule has 0 spiro atoms. The molecular weight excluding hydrogens is 929 g/mol. The van der Waals surface area contributed by atoms with E-state index in [-0.39, 0.29) is 41.5 Å². The zero-order valence-electron chi connectivity index (χ0n) is 44.4. The van der Waals surface area contributed by atoms with Crippen LogP contribution in [0.25, 0.3) is 32.7 Å². The van der Waals surface area contributed by atoms with Crippen molar-refractivity contribution in [3.63, 3.8) is 0 Å². The van der Waals surface area contributed by atoms with Gasteiger partial charge in [-0.1, -0.05) is 103 Å². The number of ether oxygens (including phenoxy) is 2. The molecule has 1 amide bonds. The van der Waals surface area contributed by atoms with Crippen LogP contribution in [0.15, 0.2) is 138 Å². The number of carbonyl (C=O) groups excluding carboxylic acids is 1. The minimum absolute atomic E-state index is 0.0126. The van der Waals surface area contributed by atoms with Gasteiger partial charge in [-0.05, 0) is 153 Å². The van der Waals surface area contributed by atoms with Crippen LogP contribution in [0, 0.1) is 27.7 Å². The highest BCUT2D eigenvalue weighted by Crippen LogP contribution is 2.51. The van der Waals surface area contributed by atoms with Crippen LogP contribution in [-0.2, 0) is 35.2 Å². The van der Waals surface area contributed by atoms with Crippen molar-refractivity contribution >= 4 is 54.6 Å². The van der Waals surface area contributed by atoms with Gasteiger partial charge in [0.1, 0.15) is 12.3 Å². The molecule has 0 saturated heterocycles. The standard InChI is InChI=1S/C62H72N4O6S/c1-11-65-54-31-29-50-44(4)38-42(2)40-52(50)59(54)61(6,7)56(65)18-14-12-15-19-57-62(8,9)60-53-41-43(3)39-45(5)51(53)30-32-55(60)66(57)34-17-13-16-20-58(67)63-33-35-71-36-37-72-64-73(68,69)49-27-23-47(24-28-49)46-21-25-48(70-10)26-22-46/h12,14-15,18-19,21-32,38-41,64H,11,13,16-17,20,33-37H2,1-10H3/p+1. The number of aryl methyl sites for hydroxylation is 4. The number of methoxy groups -OCH3 is 1. The van der Waals surface area contributed by atoms with Crippen molar-refractivity contribution < 1.29 is 32.1 Å². The number of anilines is 1. The minimum Gasteiger partial charge on any atom is -0.497 e. The number of amides is 1. The predicted octanol–water partition coefficient (Wildman–Crippen LogP) is 12.7. The summed E-state index contributed by atoms with van der Waals surface area (Å²) < 4.78 is 38.8. The molecule has 0 bridgehead atoms. The molecule has 8 rings (SSSR count). The first-order valence-corrected chi connectivity index (χ1v) is 27.2. The van der Waals surface area contributed by atoms with Gasteiger partial charge in [0.25, 0.3) is 10.0 Å². The third-order valence-electron chi connectivity index (χ3n) is 14.6. The van der Waals surface area contributed by atoms with E-state index in [4.69, 9.17) is 14.3 Å². The van der Waals surface area contributed by atoms with Crippen LogP contribution in [0.4, 0.5) is 11.4 Å². The number of nitrogens with zero attached hydrogens (tertiary/aromatic N) is 2. The maximum absolute atomic E-state index is 12.8. The highest BCUT2D eigenvalue weighted by atomic mass is 32.2. The van der Waals surface area contributed by atoms with Gasteiger partial charge in [-0.2, -0.15) is 4.58 Å². The number of rotatable bonds is 21. The Bertz CT molecular complexity index is 3260. The number of benzene rings is 6. The lowest BCUT2D eigenvalue weighted by Gasteiger charge is -2.26. The summed E-state index contributed by atoms with van der Waals surface area (Å²) in [5.74, 6) is 0.732. The van der Waals surface area contributed by atoms with Crippen LogP contribution < -0.4 is 19.8 Å². The molecule has 0 atom stereocenters. The number of sulfonamides is 1. The highest BCUT2D eigenvalue weighted by molar-refractivity contribution is 7.89. The molecule has 10 nitrogen and oxygen atoms in total. The van der Waals surface area contributed by atoms with Crippen molar-refractivity contribution in [1.29, 1.82) is 0 Å². The topological polar surface area (TPSA) is 109 Å². The molecule has 382 valence electrons. The first-order valence-electron chi connectivity index (χ1n) is 25.8. The first-order chi connectivity index (χ1) is 35.0. The van der Waals surface area contributed by atoms with Crippen molar-refractivity contribution in [2.75, 3.05) is 51.5 Å². The predicted molar refractivity (Wildman–Crippen MR) is 299 cm³/mol. The molecule has 0 unspecified atom stereocenters. The lowest BCUT2D eigenvalue weighted by molar-refractivity contribution is -0.438. The van der Waals surface area contributed by atoms with Crippen molar-refractivity contribution in [2.45, 2.75) is 104 Å². The summed E-state index contributed by atoms with van der Waals surface area (Å²) >= 11 is 0. The molecule has 0 aliphatic carbocycles. The number of allylic oxidation sites excluding steroid dienone is 6. The van der Waals surface area contributed by atoms with E-state index in [2.05, 4.69) is 161 Å². The van der Waals surface area contributed by atoms with E-state index in [0.29, 0.717) is 13.0 Å². The zero-order valence-corrected chi connectivity index (χ0v) is 45.3. The van der Waals surface area contributed by atoms with Crippen molar-refractivity contribution in [2.24, 2.45) is 0 Å². The molecule has 0 fully saturated rings. The second-order valence-corrected chi connectivity index (χ2v) is 22.2. The van der Waals surface area contributed by atoms with Crippen LogP contribution in [0.3, 0.4) is 0 Å². The van der Waals surface area contributed by atoms with E-state index in [0.717, 1.165) is 49.2 Å². The lowest BCUT2D eigenvalue weighted by Crippen LogP contribution is -2.28. The number of fused-ring (bicyclic) bond motifs is 6. The zero-order chi connectivity index (χ0) is 52.1. The number of unbranched alkanes of at least 4 members (excludes halogenated alkanes) is 2. The summed E-state index contributed by atoms with van der Waals surface area (Å²) in [4.78, 5) is 22.7. The molecule has 2 N–H and O–H groups in total. The lowest BCUT2D eigenvalue weighted by atomic mass is 9.78. The Kier molecular flexibility index (Phi) is 16.2. The molecule has 11 heteroatoms. The summed E-state index contributed by atoms with van der Waals surface area (Å²) in [5, 5.41) is 8.24. The monoisotopic (exact) mass is 1000 g/mol. The highest BCUT2D eigenvalue weighted by Gasteiger charge is 2.45. The smallest absolute Gasteiger partial charge is 0.262 e. The molecule has 73 heavy (non-hydrogen) atoms. The van der Waals surface area contributed by atoms with Gasteiger partial charge in [0.05, 0.1) is 37.2 Å². The van der Waals surface area contributed by atoms with Gasteiger partial charge >= 0.3 is 0 Å². The Hall–Kier alpha value is -6.37. The molecule has 0 aromatic heterocycles. The molecule has 2 aliphatic rings. The Labute approximate surface area is 433 Å². The molecule has 0 radical (unpaired) electrons.